The van der Waals surface area contributed by atoms with E-state index < -0.39 is 5.97 Å². The topological polar surface area (TPSA) is 79.5 Å². The number of aromatic nitrogens is 3. The second-order valence-corrected chi connectivity index (χ2v) is 5.56. The van der Waals surface area contributed by atoms with Gasteiger partial charge in [0.1, 0.15) is 5.52 Å². The zero-order chi connectivity index (χ0) is 15.4. The lowest BCUT2D eigenvalue weighted by Gasteiger charge is -2.17. The Balaban J connectivity index is 2.29. The monoisotopic (exact) mass is 290 g/mol. The zero-order valence-corrected chi connectivity index (χ0v) is 12.7. The Morgan fingerprint density at radius 1 is 1.48 bits per heavy atom. The number of anilines is 1. The van der Waals surface area contributed by atoms with Crippen molar-refractivity contribution in [3.8, 4) is 0 Å². The Morgan fingerprint density at radius 2 is 2.24 bits per heavy atom. The number of carboxylic acids is 1. The van der Waals surface area contributed by atoms with Gasteiger partial charge in [0.2, 0.25) is 0 Å². The van der Waals surface area contributed by atoms with E-state index in [1.807, 2.05) is 13.0 Å². The highest BCUT2D eigenvalue weighted by molar-refractivity contribution is 5.71. The van der Waals surface area contributed by atoms with Gasteiger partial charge in [0.15, 0.2) is 5.82 Å². The number of nitrogens with zero attached hydrogens (tertiary/aromatic N) is 3. The lowest BCUT2D eigenvalue weighted by molar-refractivity contribution is -0.137. The minimum Gasteiger partial charge on any atom is -0.481 e. The van der Waals surface area contributed by atoms with Crippen LogP contribution in [0.1, 0.15) is 51.6 Å². The van der Waals surface area contributed by atoms with E-state index in [9.17, 15) is 4.79 Å². The van der Waals surface area contributed by atoms with Crippen molar-refractivity contribution in [2.45, 2.75) is 52.0 Å². The van der Waals surface area contributed by atoms with Crippen LogP contribution in [0.4, 0.5) is 5.82 Å². The van der Waals surface area contributed by atoms with Gasteiger partial charge in [-0.2, -0.15) is 5.10 Å². The molecular weight excluding hydrogens is 268 g/mol. The first-order valence-corrected chi connectivity index (χ1v) is 7.33. The minimum absolute atomic E-state index is 0.0851. The molecule has 1 unspecified atom stereocenters. The summed E-state index contributed by atoms with van der Waals surface area (Å²) in [4.78, 5) is 15.3. The van der Waals surface area contributed by atoms with Crippen LogP contribution in [0.25, 0.3) is 5.52 Å². The standard InChI is InChI=1S/C15H22N4O2/c1-4-5-11(8-14(20)21)17-15-13-9-12(10(2)3)18-19(13)7-6-16-15/h6-7,9-11H,4-5,8H2,1-3H3,(H,16,17)(H,20,21). The van der Waals surface area contributed by atoms with E-state index in [0.29, 0.717) is 11.7 Å². The maximum absolute atomic E-state index is 11.0. The summed E-state index contributed by atoms with van der Waals surface area (Å²) in [5.74, 6) is 0.226. The molecule has 0 bridgehead atoms. The Kier molecular flexibility index (Phi) is 4.77. The number of rotatable bonds is 7. The molecule has 1 atom stereocenters. The predicted molar refractivity (Wildman–Crippen MR) is 81.6 cm³/mol. The highest BCUT2D eigenvalue weighted by atomic mass is 16.4. The molecule has 6 nitrogen and oxygen atoms in total. The molecule has 0 aliphatic carbocycles. The molecule has 2 heterocycles. The number of hydrogen-bond donors (Lipinski definition) is 2. The van der Waals surface area contributed by atoms with Crippen LogP contribution in [0, 0.1) is 0 Å². The summed E-state index contributed by atoms with van der Waals surface area (Å²) in [6, 6.07) is 1.88. The van der Waals surface area contributed by atoms with Gasteiger partial charge in [0.05, 0.1) is 12.1 Å². The van der Waals surface area contributed by atoms with Gasteiger partial charge in [0.25, 0.3) is 0 Å². The first-order valence-electron chi connectivity index (χ1n) is 7.33. The Bertz CT molecular complexity index is 621. The number of carboxylic acid groups (broad SMARTS) is 1. The van der Waals surface area contributed by atoms with Crippen molar-refractivity contribution < 1.29 is 9.90 Å². The van der Waals surface area contributed by atoms with Gasteiger partial charge in [-0.05, 0) is 18.4 Å². The average molecular weight is 290 g/mol. The summed E-state index contributed by atoms with van der Waals surface area (Å²) in [6.45, 7) is 6.22. The van der Waals surface area contributed by atoms with Crippen molar-refractivity contribution in [1.82, 2.24) is 14.6 Å². The molecule has 2 N–H and O–H groups in total. The van der Waals surface area contributed by atoms with Crippen LogP contribution in [-0.2, 0) is 4.79 Å². The van der Waals surface area contributed by atoms with Gasteiger partial charge in [-0.1, -0.05) is 27.2 Å². The molecule has 0 fully saturated rings. The van der Waals surface area contributed by atoms with Gasteiger partial charge in [-0.25, -0.2) is 9.50 Å². The first kappa shape index (κ1) is 15.3. The Labute approximate surface area is 124 Å². The third-order valence-electron chi connectivity index (χ3n) is 3.40. The number of hydrogen-bond acceptors (Lipinski definition) is 4. The Morgan fingerprint density at radius 3 is 2.86 bits per heavy atom. The molecule has 2 rings (SSSR count). The molecule has 114 valence electrons. The molecule has 21 heavy (non-hydrogen) atoms. The number of carbonyl (C=O) groups is 1. The lowest BCUT2D eigenvalue weighted by atomic mass is 10.1. The van der Waals surface area contributed by atoms with E-state index >= 15 is 0 Å². The van der Waals surface area contributed by atoms with Crippen molar-refractivity contribution in [3.63, 3.8) is 0 Å². The SMILES string of the molecule is CCCC(CC(=O)O)Nc1nccn2nc(C(C)C)cc12. The van der Waals surface area contributed by atoms with Gasteiger partial charge < -0.3 is 10.4 Å². The lowest BCUT2D eigenvalue weighted by Crippen LogP contribution is -2.23. The van der Waals surface area contributed by atoms with E-state index in [-0.39, 0.29) is 12.5 Å². The number of aliphatic carboxylic acids is 1. The summed E-state index contributed by atoms with van der Waals surface area (Å²) in [5.41, 5.74) is 1.88. The smallest absolute Gasteiger partial charge is 0.305 e. The second kappa shape index (κ2) is 6.56. The summed E-state index contributed by atoms with van der Waals surface area (Å²) >= 11 is 0. The maximum Gasteiger partial charge on any atom is 0.305 e. The molecule has 0 saturated heterocycles. The van der Waals surface area contributed by atoms with E-state index in [4.69, 9.17) is 5.11 Å². The largest absolute Gasteiger partial charge is 0.481 e. The molecule has 0 amide bonds. The third-order valence-corrected chi connectivity index (χ3v) is 3.40. The van der Waals surface area contributed by atoms with Gasteiger partial charge in [-0.15, -0.1) is 0 Å². The predicted octanol–water partition coefficient (Wildman–Crippen LogP) is 2.91. The fraction of sp³-hybridized carbons (Fsp3) is 0.533. The van der Waals surface area contributed by atoms with E-state index in [1.165, 1.54) is 0 Å². The van der Waals surface area contributed by atoms with Crippen LogP contribution in [-0.4, -0.2) is 31.7 Å². The molecule has 0 aromatic carbocycles. The van der Waals surface area contributed by atoms with Gasteiger partial charge in [0, 0.05) is 18.4 Å². The van der Waals surface area contributed by atoms with Crippen LogP contribution in [0.2, 0.25) is 0 Å². The fourth-order valence-corrected chi connectivity index (χ4v) is 2.31. The highest BCUT2D eigenvalue weighted by Gasteiger charge is 2.16. The summed E-state index contributed by atoms with van der Waals surface area (Å²) in [7, 11) is 0. The quantitative estimate of drug-likeness (QED) is 0.819. The van der Waals surface area contributed by atoms with Gasteiger partial charge >= 0.3 is 5.97 Å². The first-order chi connectivity index (χ1) is 10.0. The van der Waals surface area contributed by atoms with E-state index in [1.54, 1.807) is 16.9 Å². The second-order valence-electron chi connectivity index (χ2n) is 5.56. The van der Waals surface area contributed by atoms with Crippen molar-refractivity contribution in [1.29, 1.82) is 0 Å². The molecule has 0 radical (unpaired) electrons. The summed E-state index contributed by atoms with van der Waals surface area (Å²) in [6.07, 6.45) is 5.28. The van der Waals surface area contributed by atoms with Crippen molar-refractivity contribution in [3.05, 3.63) is 24.2 Å². The summed E-state index contributed by atoms with van der Waals surface area (Å²) < 4.78 is 1.79. The summed E-state index contributed by atoms with van der Waals surface area (Å²) in [5, 5.41) is 16.8. The third kappa shape index (κ3) is 3.71. The normalized spacial score (nSPS) is 12.8. The molecule has 0 aliphatic heterocycles. The maximum atomic E-state index is 11.0. The van der Waals surface area contributed by atoms with Crippen LogP contribution >= 0.6 is 0 Å². The molecule has 0 aliphatic rings. The Hall–Kier alpha value is -2.11. The van der Waals surface area contributed by atoms with Crippen LogP contribution in [0.5, 0.6) is 0 Å². The average Bonchev–Trinajstić information content (AvgIpc) is 2.83. The molecule has 0 saturated carbocycles. The van der Waals surface area contributed by atoms with Gasteiger partial charge in [-0.3, -0.25) is 4.79 Å². The fourth-order valence-electron chi connectivity index (χ4n) is 2.31. The number of fused-ring (bicyclic) bond motifs is 1. The van der Waals surface area contributed by atoms with Crippen molar-refractivity contribution in [2.75, 3.05) is 5.32 Å². The molecule has 2 aromatic rings. The van der Waals surface area contributed by atoms with Crippen LogP contribution in [0.3, 0.4) is 0 Å². The minimum atomic E-state index is -0.802. The molecule has 6 heteroatoms. The molecule has 0 spiro atoms. The van der Waals surface area contributed by atoms with Crippen molar-refractivity contribution >= 4 is 17.3 Å². The van der Waals surface area contributed by atoms with Crippen molar-refractivity contribution in [2.24, 2.45) is 0 Å². The number of nitrogens with one attached hydrogen (secondary N) is 1. The molecular formula is C15H22N4O2. The zero-order valence-electron chi connectivity index (χ0n) is 12.7. The highest BCUT2D eigenvalue weighted by Crippen LogP contribution is 2.21. The molecule has 2 aromatic heterocycles. The van der Waals surface area contributed by atoms with Crippen LogP contribution in [0.15, 0.2) is 18.5 Å². The van der Waals surface area contributed by atoms with Crippen LogP contribution < -0.4 is 5.32 Å². The van der Waals surface area contributed by atoms with E-state index in [2.05, 4.69) is 29.2 Å². The van der Waals surface area contributed by atoms with E-state index in [0.717, 1.165) is 24.1 Å².